The number of allylic oxidation sites excluding steroid dienone is 4. The fraction of sp³-hybridized carbons (Fsp3) is 0.0227. The third kappa shape index (κ3) is 3.77. The van der Waals surface area contributed by atoms with Crippen LogP contribution in [0.2, 0.25) is 0 Å². The maximum absolute atomic E-state index is 8.46. The first kappa shape index (κ1) is 27.1. The minimum absolute atomic E-state index is 0.680. The second-order valence-corrected chi connectivity index (χ2v) is 12.3. The second kappa shape index (κ2) is 10.2. The number of benzene rings is 6. The Morgan fingerprint density at radius 3 is 2.23 bits per heavy atom. The lowest BCUT2D eigenvalue weighted by atomic mass is 9.65. The molecule has 0 bridgehead atoms. The predicted octanol–water partition coefficient (Wildman–Crippen LogP) is 11.0. The number of nitrogens with one attached hydrogen (secondary N) is 1. The highest BCUT2D eigenvalue weighted by atomic mass is 16.3. The lowest BCUT2D eigenvalue weighted by Gasteiger charge is -2.36. The van der Waals surface area contributed by atoms with Gasteiger partial charge in [0.15, 0.2) is 0 Å². The summed E-state index contributed by atoms with van der Waals surface area (Å²) in [6.45, 7) is 4.74. The smallest absolute Gasteiger partial charge is 0.136 e. The Morgan fingerprint density at radius 1 is 0.617 bits per heavy atom. The molecule has 1 heterocycles. The molecule has 1 spiro atoms. The largest absolute Gasteiger partial charge is 0.456 e. The summed E-state index contributed by atoms with van der Waals surface area (Å²) in [4.78, 5) is 0. The number of para-hydroxylation sites is 2. The minimum Gasteiger partial charge on any atom is -0.456 e. The summed E-state index contributed by atoms with van der Waals surface area (Å²) in [6.07, 6.45) is 9.95. The van der Waals surface area contributed by atoms with Gasteiger partial charge in [-0.1, -0.05) is 122 Å². The van der Waals surface area contributed by atoms with E-state index in [0.717, 1.165) is 94.4 Å². The molecule has 0 saturated heterocycles. The first-order chi connectivity index (χ1) is 23.1. The fourth-order valence-corrected chi connectivity index (χ4v) is 7.92. The Bertz CT molecular complexity index is 2530. The summed E-state index contributed by atoms with van der Waals surface area (Å²) in [5.41, 5.74) is 21.2. The van der Waals surface area contributed by atoms with Gasteiger partial charge in [-0.15, -0.1) is 0 Å². The molecule has 222 valence electrons. The van der Waals surface area contributed by atoms with Crippen molar-refractivity contribution in [2.75, 3.05) is 5.73 Å². The van der Waals surface area contributed by atoms with Crippen LogP contribution in [-0.2, 0) is 5.41 Å². The number of anilines is 1. The van der Waals surface area contributed by atoms with Gasteiger partial charge in [0.1, 0.15) is 11.2 Å². The molecule has 1 unspecified atom stereocenters. The van der Waals surface area contributed by atoms with Crippen LogP contribution in [0.3, 0.4) is 0 Å². The van der Waals surface area contributed by atoms with Crippen LogP contribution < -0.4 is 5.73 Å². The zero-order chi connectivity index (χ0) is 31.7. The van der Waals surface area contributed by atoms with Crippen LogP contribution in [0.15, 0.2) is 156 Å². The number of hydrogen-bond donors (Lipinski definition) is 2. The number of nitrogen functional groups attached to an aromatic ring is 1. The molecule has 0 amide bonds. The van der Waals surface area contributed by atoms with Crippen molar-refractivity contribution in [3.8, 4) is 33.4 Å². The fourth-order valence-electron chi connectivity index (χ4n) is 7.92. The number of fused-ring (bicyclic) bond motifs is 10. The lowest BCUT2D eigenvalue weighted by molar-refractivity contribution is 0.669. The summed E-state index contributed by atoms with van der Waals surface area (Å²) in [5.74, 6) is 0. The van der Waals surface area contributed by atoms with Gasteiger partial charge in [0, 0.05) is 33.8 Å². The molecule has 7 aromatic rings. The average Bonchev–Trinajstić information content (AvgIpc) is 3.63. The van der Waals surface area contributed by atoms with Gasteiger partial charge in [-0.25, -0.2) is 0 Å². The standard InChI is InChI=1S/C44H30N2O/c1-27-10-2-3-12-32-31(33-13-4-6-18-40(33)46)15-9-16-37(32)44(27)38-23-21-28(24-36(38)43-30(26-45)11-8-17-39(43)44)29-20-22-35-34-14-5-7-19-41(34)47-42(35)25-29/h2-26,45H,1,46H2/b10-2-,12-3-,45-26?. The first-order valence-corrected chi connectivity index (χ1v) is 15.8. The number of furan rings is 1. The zero-order valence-electron chi connectivity index (χ0n) is 25.6. The molecule has 2 aliphatic carbocycles. The highest BCUT2D eigenvalue weighted by Gasteiger charge is 2.48. The van der Waals surface area contributed by atoms with Gasteiger partial charge in [-0.3, -0.25) is 0 Å². The number of nitrogens with two attached hydrogens (primary N) is 1. The maximum Gasteiger partial charge on any atom is 0.136 e. The number of hydrogen-bond acceptors (Lipinski definition) is 3. The molecule has 0 fully saturated rings. The highest BCUT2D eigenvalue weighted by Crippen LogP contribution is 2.59. The lowest BCUT2D eigenvalue weighted by Crippen LogP contribution is -2.30. The van der Waals surface area contributed by atoms with Gasteiger partial charge < -0.3 is 15.6 Å². The van der Waals surface area contributed by atoms with E-state index in [1.165, 1.54) is 6.21 Å². The SMILES string of the molecule is C=C1/C=C\C=C/c2c(-c3ccccc3N)cccc2C12c1ccc(-c3ccc4c(c3)oc3ccccc34)cc1-c1c(C=N)cccc12. The van der Waals surface area contributed by atoms with E-state index in [0.29, 0.717) is 0 Å². The van der Waals surface area contributed by atoms with E-state index in [2.05, 4.69) is 103 Å². The maximum atomic E-state index is 8.46. The van der Waals surface area contributed by atoms with E-state index < -0.39 is 5.41 Å². The Labute approximate surface area is 273 Å². The van der Waals surface area contributed by atoms with Crippen molar-refractivity contribution in [2.45, 2.75) is 5.41 Å². The molecular weight excluding hydrogens is 572 g/mol. The van der Waals surface area contributed by atoms with Crippen LogP contribution in [0.5, 0.6) is 0 Å². The van der Waals surface area contributed by atoms with Crippen LogP contribution in [0.4, 0.5) is 5.69 Å². The quantitative estimate of drug-likeness (QED) is 0.156. The molecule has 3 nitrogen and oxygen atoms in total. The van der Waals surface area contributed by atoms with E-state index in [9.17, 15) is 0 Å². The van der Waals surface area contributed by atoms with Crippen LogP contribution in [-0.4, -0.2) is 6.21 Å². The minimum atomic E-state index is -0.680. The monoisotopic (exact) mass is 602 g/mol. The Kier molecular flexibility index (Phi) is 5.87. The van der Waals surface area contributed by atoms with E-state index in [1.807, 2.05) is 42.5 Å². The zero-order valence-corrected chi connectivity index (χ0v) is 25.6. The molecule has 0 aliphatic heterocycles. The van der Waals surface area contributed by atoms with Crippen molar-refractivity contribution in [2.24, 2.45) is 0 Å². The van der Waals surface area contributed by atoms with Crippen molar-refractivity contribution in [1.29, 1.82) is 5.41 Å². The topological polar surface area (TPSA) is 63.0 Å². The highest BCUT2D eigenvalue weighted by molar-refractivity contribution is 6.06. The van der Waals surface area contributed by atoms with Gasteiger partial charge in [-0.05, 0) is 86.0 Å². The average molecular weight is 603 g/mol. The molecule has 9 rings (SSSR count). The van der Waals surface area contributed by atoms with Crippen molar-refractivity contribution >= 4 is 39.9 Å². The molecule has 0 radical (unpaired) electrons. The third-order valence-corrected chi connectivity index (χ3v) is 9.98. The van der Waals surface area contributed by atoms with Crippen LogP contribution in [0, 0.1) is 5.41 Å². The van der Waals surface area contributed by atoms with Gasteiger partial charge >= 0.3 is 0 Å². The van der Waals surface area contributed by atoms with E-state index in [-0.39, 0.29) is 0 Å². The molecule has 3 heteroatoms. The molecule has 1 atom stereocenters. The summed E-state index contributed by atoms with van der Waals surface area (Å²) in [5, 5.41) is 10.7. The van der Waals surface area contributed by atoms with Gasteiger partial charge in [0.25, 0.3) is 0 Å². The molecule has 6 aromatic carbocycles. The Morgan fingerprint density at radius 2 is 1.34 bits per heavy atom. The van der Waals surface area contributed by atoms with E-state index >= 15 is 0 Å². The van der Waals surface area contributed by atoms with Crippen molar-refractivity contribution < 1.29 is 4.42 Å². The van der Waals surface area contributed by atoms with Crippen molar-refractivity contribution in [3.05, 3.63) is 180 Å². The molecule has 47 heavy (non-hydrogen) atoms. The predicted molar refractivity (Wildman–Crippen MR) is 196 cm³/mol. The van der Waals surface area contributed by atoms with Gasteiger partial charge in [0.2, 0.25) is 0 Å². The van der Waals surface area contributed by atoms with Gasteiger partial charge in [-0.2, -0.15) is 0 Å². The normalized spacial score (nSPS) is 17.6. The summed E-state index contributed by atoms with van der Waals surface area (Å²) in [6, 6.07) is 42.3. The summed E-state index contributed by atoms with van der Waals surface area (Å²) < 4.78 is 6.26. The third-order valence-electron chi connectivity index (χ3n) is 9.98. The van der Waals surface area contributed by atoms with E-state index in [1.54, 1.807) is 0 Å². The van der Waals surface area contributed by atoms with Gasteiger partial charge in [0.05, 0.1) is 5.41 Å². The molecule has 1 aromatic heterocycles. The Balaban J connectivity index is 1.33. The first-order valence-electron chi connectivity index (χ1n) is 15.8. The molecule has 3 N–H and O–H groups in total. The van der Waals surface area contributed by atoms with Crippen molar-refractivity contribution in [3.63, 3.8) is 0 Å². The second-order valence-electron chi connectivity index (χ2n) is 12.3. The van der Waals surface area contributed by atoms with Crippen molar-refractivity contribution in [1.82, 2.24) is 0 Å². The summed E-state index contributed by atoms with van der Waals surface area (Å²) in [7, 11) is 0. The Hall–Kier alpha value is -6.19. The molecular formula is C44H30N2O. The van der Waals surface area contributed by atoms with Crippen LogP contribution in [0.25, 0.3) is 61.4 Å². The molecule has 2 aliphatic rings. The molecule has 0 saturated carbocycles. The van der Waals surface area contributed by atoms with E-state index in [4.69, 9.17) is 22.1 Å². The number of rotatable bonds is 3. The van der Waals surface area contributed by atoms with Crippen LogP contribution in [0.1, 0.15) is 27.8 Å². The van der Waals surface area contributed by atoms with Crippen LogP contribution >= 0.6 is 0 Å². The summed E-state index contributed by atoms with van der Waals surface area (Å²) >= 11 is 0.